The minimum atomic E-state index is -0.0693. The molecular weight excluding hydrogens is 638 g/mol. The van der Waals surface area contributed by atoms with E-state index < -0.39 is 0 Å². The summed E-state index contributed by atoms with van der Waals surface area (Å²) in [6, 6.07) is 7.60. The molecule has 0 saturated carbocycles. The molecule has 1 aromatic heterocycles. The molecule has 3 rings (SSSR count). The van der Waals surface area contributed by atoms with Crippen molar-refractivity contribution < 1.29 is 14.3 Å². The van der Waals surface area contributed by atoms with Crippen molar-refractivity contribution in [3.8, 4) is 11.5 Å². The molecule has 0 aliphatic carbocycles. The van der Waals surface area contributed by atoms with Crippen LogP contribution in [-0.4, -0.2) is 77.6 Å². The Morgan fingerprint density at radius 1 is 1.08 bits per heavy atom. The Hall–Kier alpha value is -4.70. The van der Waals surface area contributed by atoms with Crippen molar-refractivity contribution in [2.45, 2.75) is 87.1 Å². The molecule has 0 fully saturated rings. The molecule has 0 saturated heterocycles. The van der Waals surface area contributed by atoms with E-state index in [0.717, 1.165) is 48.3 Å². The number of pyridine rings is 1. The van der Waals surface area contributed by atoms with Crippen LogP contribution in [0.1, 0.15) is 82.8 Å². The van der Waals surface area contributed by atoms with Crippen molar-refractivity contribution in [1.29, 1.82) is 0 Å². The SMILES string of the molecule is C/C=N\N1C=CC(Oc2ccc(N=C(N)c3nc(C)c(OCC(CC)N(CCCC(C)CC)C(=O)/C=C/CN(C)C)cc3C)cc2C)=C/C1=C\C. The average Bonchev–Trinajstić information content (AvgIpc) is 3.10. The summed E-state index contributed by atoms with van der Waals surface area (Å²) in [4.78, 5) is 26.9. The summed E-state index contributed by atoms with van der Waals surface area (Å²) >= 11 is 0. The molecule has 1 aliphatic rings. The number of rotatable bonds is 18. The fraction of sp³-hybridized carbons (Fsp3) is 0.463. The van der Waals surface area contributed by atoms with Crippen molar-refractivity contribution in [2.24, 2.45) is 21.7 Å². The largest absolute Gasteiger partial charge is 0.490 e. The Kier molecular flexibility index (Phi) is 16.2. The van der Waals surface area contributed by atoms with E-state index in [1.807, 2.05) is 113 Å². The van der Waals surface area contributed by atoms with Crippen LogP contribution in [0.2, 0.25) is 0 Å². The molecule has 2 unspecified atom stereocenters. The number of carbonyl (C=O) groups is 1. The zero-order valence-corrected chi connectivity index (χ0v) is 32.4. The third-order valence-electron chi connectivity index (χ3n) is 8.86. The minimum Gasteiger partial charge on any atom is -0.490 e. The maximum absolute atomic E-state index is 13.4. The molecule has 0 bridgehead atoms. The molecule has 1 aliphatic heterocycles. The molecule has 276 valence electrons. The second kappa shape index (κ2) is 20.2. The number of carbonyl (C=O) groups excluding carboxylic acids is 1. The Morgan fingerprint density at radius 2 is 1.84 bits per heavy atom. The normalized spacial score (nSPS) is 15.6. The van der Waals surface area contributed by atoms with Crippen LogP contribution in [0.5, 0.6) is 11.5 Å². The van der Waals surface area contributed by atoms with Crippen LogP contribution in [-0.2, 0) is 4.79 Å². The number of aromatic nitrogens is 1. The highest BCUT2D eigenvalue weighted by molar-refractivity contribution is 5.98. The highest BCUT2D eigenvalue weighted by Gasteiger charge is 2.22. The van der Waals surface area contributed by atoms with Gasteiger partial charge in [0.2, 0.25) is 5.91 Å². The Labute approximate surface area is 306 Å². The highest BCUT2D eigenvalue weighted by Crippen LogP contribution is 2.28. The van der Waals surface area contributed by atoms with Crippen LogP contribution in [0.3, 0.4) is 0 Å². The number of hydrogen-bond acceptors (Lipinski definition) is 8. The molecule has 2 heterocycles. The number of aliphatic imine (C=N–C) groups is 1. The maximum Gasteiger partial charge on any atom is 0.246 e. The van der Waals surface area contributed by atoms with Gasteiger partial charge in [-0.2, -0.15) is 5.10 Å². The van der Waals surface area contributed by atoms with E-state index in [-0.39, 0.29) is 11.9 Å². The van der Waals surface area contributed by atoms with Gasteiger partial charge in [-0.15, -0.1) is 0 Å². The van der Waals surface area contributed by atoms with E-state index in [2.05, 4.69) is 25.9 Å². The number of nitrogens with zero attached hydrogens (tertiary/aromatic N) is 6. The van der Waals surface area contributed by atoms with Gasteiger partial charge >= 0.3 is 0 Å². The number of likely N-dealkylation sites (N-methyl/N-ethyl adjacent to an activating group) is 1. The van der Waals surface area contributed by atoms with Gasteiger partial charge in [0.1, 0.15) is 35.4 Å². The molecule has 2 N–H and O–H groups in total. The van der Waals surface area contributed by atoms with Crippen LogP contribution < -0.4 is 15.2 Å². The number of amidine groups is 1. The van der Waals surface area contributed by atoms with Crippen LogP contribution in [0, 0.1) is 26.7 Å². The van der Waals surface area contributed by atoms with Crippen molar-refractivity contribution in [2.75, 3.05) is 33.8 Å². The standard InChI is InChI=1S/C41H59N7O3/c1-11-29(5)17-15-23-47(39(49)18-16-22-46(9)10)35(13-3)28-50-38-26-31(7)40(44-32(38)8)41(42)45-33-19-20-37(30(6)25-33)51-36-21-24-48(43-14-4)34(12-2)27-36/h12,14,16,18-21,24-27,29,35H,11,13,15,17,22-23,28H2,1-10H3,(H2,42,45)/b18-16+,34-12+,43-14-. The molecule has 10 heteroatoms. The number of aryl methyl sites for hydroxylation is 3. The fourth-order valence-corrected chi connectivity index (χ4v) is 5.58. The highest BCUT2D eigenvalue weighted by atomic mass is 16.5. The van der Waals surface area contributed by atoms with E-state index >= 15 is 0 Å². The van der Waals surface area contributed by atoms with Gasteiger partial charge < -0.3 is 25.0 Å². The predicted octanol–water partition coefficient (Wildman–Crippen LogP) is 7.98. The van der Waals surface area contributed by atoms with Gasteiger partial charge in [0.15, 0.2) is 0 Å². The van der Waals surface area contributed by atoms with Crippen LogP contribution in [0.25, 0.3) is 0 Å². The molecule has 0 spiro atoms. The smallest absolute Gasteiger partial charge is 0.246 e. The van der Waals surface area contributed by atoms with Crippen LogP contribution in [0.4, 0.5) is 5.69 Å². The lowest BCUT2D eigenvalue weighted by Gasteiger charge is -2.31. The number of nitrogens with two attached hydrogens (primary N) is 1. The van der Waals surface area contributed by atoms with Gasteiger partial charge in [0.05, 0.1) is 23.1 Å². The molecule has 0 radical (unpaired) electrons. The number of allylic oxidation sites excluding steroid dienone is 3. The summed E-state index contributed by atoms with van der Waals surface area (Å²) in [5, 5.41) is 6.12. The van der Waals surface area contributed by atoms with Gasteiger partial charge in [-0.3, -0.25) is 4.79 Å². The molecule has 2 atom stereocenters. The molecule has 1 aromatic carbocycles. The number of ether oxygens (including phenoxy) is 2. The fourth-order valence-electron chi connectivity index (χ4n) is 5.58. The molecule has 1 amide bonds. The monoisotopic (exact) mass is 697 g/mol. The molecule has 51 heavy (non-hydrogen) atoms. The number of amides is 1. The Morgan fingerprint density at radius 3 is 2.49 bits per heavy atom. The van der Waals surface area contributed by atoms with Gasteiger partial charge in [-0.05, 0) is 115 Å². The van der Waals surface area contributed by atoms with Gasteiger partial charge in [-0.25, -0.2) is 15.0 Å². The van der Waals surface area contributed by atoms with Crippen molar-refractivity contribution >= 4 is 23.6 Å². The topological polar surface area (TPSA) is 109 Å². The van der Waals surface area contributed by atoms with E-state index in [0.29, 0.717) is 60.0 Å². The zero-order chi connectivity index (χ0) is 37.5. The van der Waals surface area contributed by atoms with Gasteiger partial charge in [0.25, 0.3) is 0 Å². The average molecular weight is 698 g/mol. The van der Waals surface area contributed by atoms with E-state index in [9.17, 15) is 4.79 Å². The Balaban J connectivity index is 1.74. The summed E-state index contributed by atoms with van der Waals surface area (Å²) < 4.78 is 12.6. The predicted molar refractivity (Wildman–Crippen MR) is 211 cm³/mol. The first kappa shape index (κ1) is 40.7. The summed E-state index contributed by atoms with van der Waals surface area (Å²) in [6.07, 6.45) is 17.0. The van der Waals surface area contributed by atoms with Crippen molar-refractivity contribution in [3.05, 3.63) is 94.8 Å². The molecule has 2 aromatic rings. The summed E-state index contributed by atoms with van der Waals surface area (Å²) in [5.41, 5.74) is 11.2. The lowest BCUT2D eigenvalue weighted by molar-refractivity contribution is -0.129. The summed E-state index contributed by atoms with van der Waals surface area (Å²) in [5.74, 6) is 3.09. The lowest BCUT2D eigenvalue weighted by atomic mass is 10.0. The third-order valence-corrected chi connectivity index (χ3v) is 8.86. The van der Waals surface area contributed by atoms with Crippen LogP contribution in [0.15, 0.2) is 82.4 Å². The zero-order valence-electron chi connectivity index (χ0n) is 32.4. The lowest BCUT2D eigenvalue weighted by Crippen LogP contribution is -2.43. The number of benzene rings is 1. The first-order valence-corrected chi connectivity index (χ1v) is 18.1. The Bertz CT molecular complexity index is 1650. The van der Waals surface area contributed by atoms with Crippen LogP contribution >= 0.6 is 0 Å². The molecule has 10 nitrogen and oxygen atoms in total. The van der Waals surface area contributed by atoms with Crippen molar-refractivity contribution in [1.82, 2.24) is 19.8 Å². The minimum absolute atomic E-state index is 0.0244. The second-order valence-corrected chi connectivity index (χ2v) is 13.3. The van der Waals surface area contributed by atoms with Gasteiger partial charge in [0, 0.05) is 37.7 Å². The van der Waals surface area contributed by atoms with Crippen molar-refractivity contribution in [3.63, 3.8) is 0 Å². The van der Waals surface area contributed by atoms with E-state index in [1.165, 1.54) is 0 Å². The second-order valence-electron chi connectivity index (χ2n) is 13.3. The maximum atomic E-state index is 13.4. The van der Waals surface area contributed by atoms with E-state index in [1.54, 1.807) is 17.3 Å². The first-order valence-electron chi connectivity index (χ1n) is 18.1. The van der Waals surface area contributed by atoms with E-state index in [4.69, 9.17) is 25.2 Å². The quantitative estimate of drug-likeness (QED) is 0.0956. The summed E-state index contributed by atoms with van der Waals surface area (Å²) in [7, 11) is 3.98. The first-order chi connectivity index (χ1) is 24.4. The number of hydrogen-bond donors (Lipinski definition) is 1. The molecular formula is C41H59N7O3. The number of hydrazone groups is 1. The third kappa shape index (κ3) is 12.2. The summed E-state index contributed by atoms with van der Waals surface area (Å²) in [6.45, 7) is 18.0. The van der Waals surface area contributed by atoms with Gasteiger partial charge in [-0.1, -0.05) is 39.3 Å².